The highest BCUT2D eigenvalue weighted by Gasteiger charge is 2.12. The fraction of sp³-hybridized carbons (Fsp3) is 0.286. The number of nitrogens with zero attached hydrogens (tertiary/aromatic N) is 2. The number of carbonyl (C=O) groups is 2. The molecule has 8 heteroatoms. The predicted molar refractivity (Wildman–Crippen MR) is 109 cm³/mol. The average Bonchev–Trinajstić information content (AvgIpc) is 3.05. The van der Waals surface area contributed by atoms with E-state index in [1.807, 2.05) is 32.9 Å². The third kappa shape index (κ3) is 4.66. The van der Waals surface area contributed by atoms with E-state index < -0.39 is 11.8 Å². The number of hydrazine groups is 1. The molecule has 1 aromatic heterocycles. The van der Waals surface area contributed by atoms with Gasteiger partial charge in [-0.3, -0.25) is 20.4 Å². The van der Waals surface area contributed by atoms with Crippen molar-refractivity contribution in [3.63, 3.8) is 0 Å². The van der Waals surface area contributed by atoms with Crippen LogP contribution < -0.4 is 20.3 Å². The Morgan fingerprint density at radius 3 is 2.45 bits per heavy atom. The predicted octanol–water partition coefficient (Wildman–Crippen LogP) is 2.60. The normalized spacial score (nSPS) is 10.6. The molecule has 0 radical (unpaired) electrons. The summed E-state index contributed by atoms with van der Waals surface area (Å²) >= 11 is 0. The molecule has 0 unspecified atom stereocenters. The Morgan fingerprint density at radius 1 is 1.03 bits per heavy atom. The summed E-state index contributed by atoms with van der Waals surface area (Å²) in [5.74, 6) is 0.985. The first kappa shape index (κ1) is 20.2. The Hall–Kier alpha value is -3.55. The molecule has 0 spiro atoms. The quantitative estimate of drug-likeness (QED) is 0.599. The van der Waals surface area contributed by atoms with E-state index in [0.29, 0.717) is 23.7 Å². The molecule has 0 saturated heterocycles. The van der Waals surface area contributed by atoms with Crippen LogP contribution in [-0.2, 0) is 11.3 Å². The molecule has 2 N–H and O–H groups in total. The van der Waals surface area contributed by atoms with Crippen LogP contribution in [0.15, 0.2) is 42.5 Å². The monoisotopic (exact) mass is 396 g/mol. The van der Waals surface area contributed by atoms with Gasteiger partial charge < -0.3 is 14.0 Å². The van der Waals surface area contributed by atoms with Crippen LogP contribution in [-0.4, -0.2) is 34.6 Å². The van der Waals surface area contributed by atoms with Crippen molar-refractivity contribution in [1.29, 1.82) is 0 Å². The highest BCUT2D eigenvalue weighted by atomic mass is 16.5. The zero-order chi connectivity index (χ0) is 20.8. The van der Waals surface area contributed by atoms with E-state index in [2.05, 4.69) is 20.4 Å². The van der Waals surface area contributed by atoms with Gasteiger partial charge in [0.15, 0.2) is 18.1 Å². The Balaban J connectivity index is 1.56. The second-order valence-corrected chi connectivity index (χ2v) is 6.28. The second kappa shape index (κ2) is 9.09. The van der Waals surface area contributed by atoms with Crippen LogP contribution in [0.2, 0.25) is 0 Å². The fourth-order valence-electron chi connectivity index (χ4n) is 3.01. The molecule has 8 nitrogen and oxygen atoms in total. The molecule has 0 aliphatic heterocycles. The van der Waals surface area contributed by atoms with E-state index >= 15 is 0 Å². The molecule has 3 rings (SSSR count). The van der Waals surface area contributed by atoms with Gasteiger partial charge in [0.2, 0.25) is 0 Å². The molecule has 2 amide bonds. The summed E-state index contributed by atoms with van der Waals surface area (Å²) in [6.07, 6.45) is 0. The van der Waals surface area contributed by atoms with Crippen LogP contribution >= 0.6 is 0 Å². The van der Waals surface area contributed by atoms with Crippen molar-refractivity contribution in [3.8, 4) is 11.5 Å². The summed E-state index contributed by atoms with van der Waals surface area (Å²) in [5, 5.41) is 0. The number of nitrogens with one attached hydrogen (secondary N) is 2. The summed E-state index contributed by atoms with van der Waals surface area (Å²) in [6.45, 7) is 6.86. The first-order valence-corrected chi connectivity index (χ1v) is 9.44. The van der Waals surface area contributed by atoms with Gasteiger partial charge in [0, 0.05) is 12.1 Å². The third-order valence-electron chi connectivity index (χ3n) is 4.34. The van der Waals surface area contributed by atoms with Crippen LogP contribution in [0.3, 0.4) is 0 Å². The highest BCUT2D eigenvalue weighted by molar-refractivity contribution is 5.98. The van der Waals surface area contributed by atoms with Crippen molar-refractivity contribution in [2.45, 2.75) is 27.3 Å². The molecular formula is C21H24N4O4. The van der Waals surface area contributed by atoms with Gasteiger partial charge in [0.25, 0.3) is 11.8 Å². The minimum atomic E-state index is -0.489. The lowest BCUT2D eigenvalue weighted by Gasteiger charge is -2.12. The van der Waals surface area contributed by atoms with E-state index in [-0.39, 0.29) is 6.61 Å². The molecule has 29 heavy (non-hydrogen) atoms. The Bertz CT molecular complexity index is 1030. The smallest absolute Gasteiger partial charge is 0.276 e. The fourth-order valence-corrected chi connectivity index (χ4v) is 3.01. The number of aryl methyl sites for hydroxylation is 2. The minimum absolute atomic E-state index is 0.260. The van der Waals surface area contributed by atoms with Crippen LogP contribution in [0.5, 0.6) is 11.5 Å². The Morgan fingerprint density at radius 2 is 1.76 bits per heavy atom. The molecular weight excluding hydrogens is 372 g/mol. The van der Waals surface area contributed by atoms with E-state index in [1.165, 1.54) is 0 Å². The van der Waals surface area contributed by atoms with Gasteiger partial charge in [-0.2, -0.15) is 0 Å². The van der Waals surface area contributed by atoms with Gasteiger partial charge in [-0.1, -0.05) is 12.1 Å². The number of fused-ring (bicyclic) bond motifs is 1. The zero-order valence-corrected chi connectivity index (χ0v) is 16.7. The first-order valence-electron chi connectivity index (χ1n) is 9.44. The molecule has 1 heterocycles. The van der Waals surface area contributed by atoms with Gasteiger partial charge in [0.1, 0.15) is 5.82 Å². The highest BCUT2D eigenvalue weighted by Crippen LogP contribution is 2.26. The third-order valence-corrected chi connectivity index (χ3v) is 4.34. The lowest BCUT2D eigenvalue weighted by Crippen LogP contribution is -2.43. The SMILES string of the molecule is CCOc1ccccc1OCC(=O)NNC(=O)c1ccc2c(c1)nc(C)n2CC. The Kier molecular flexibility index (Phi) is 6.33. The van der Waals surface area contributed by atoms with E-state index in [1.54, 1.807) is 30.3 Å². The molecule has 2 aromatic carbocycles. The molecule has 0 atom stereocenters. The van der Waals surface area contributed by atoms with E-state index in [4.69, 9.17) is 9.47 Å². The zero-order valence-electron chi connectivity index (χ0n) is 16.7. The molecule has 0 saturated carbocycles. The number of carbonyl (C=O) groups excluding carboxylic acids is 2. The van der Waals surface area contributed by atoms with Gasteiger partial charge in [0.05, 0.1) is 17.6 Å². The van der Waals surface area contributed by atoms with Crippen LogP contribution in [0.1, 0.15) is 30.0 Å². The number of benzene rings is 2. The van der Waals surface area contributed by atoms with Gasteiger partial charge in [-0.05, 0) is 51.1 Å². The number of amides is 2. The summed E-state index contributed by atoms with van der Waals surface area (Å²) in [5.41, 5.74) is 6.84. The van der Waals surface area contributed by atoms with Crippen molar-refractivity contribution in [3.05, 3.63) is 53.9 Å². The second-order valence-electron chi connectivity index (χ2n) is 6.28. The summed E-state index contributed by atoms with van der Waals surface area (Å²) < 4.78 is 13.0. The maximum Gasteiger partial charge on any atom is 0.276 e. The summed E-state index contributed by atoms with van der Waals surface area (Å²) in [4.78, 5) is 28.8. The largest absolute Gasteiger partial charge is 0.490 e. The minimum Gasteiger partial charge on any atom is -0.490 e. The summed E-state index contributed by atoms with van der Waals surface area (Å²) in [6, 6.07) is 12.3. The number of imidazole rings is 1. The molecule has 0 aliphatic carbocycles. The van der Waals surface area contributed by atoms with Crippen LogP contribution in [0, 0.1) is 6.92 Å². The van der Waals surface area contributed by atoms with Crippen LogP contribution in [0.25, 0.3) is 11.0 Å². The van der Waals surface area contributed by atoms with Crippen molar-refractivity contribution in [1.82, 2.24) is 20.4 Å². The van der Waals surface area contributed by atoms with Crippen molar-refractivity contribution in [2.75, 3.05) is 13.2 Å². The lowest BCUT2D eigenvalue weighted by atomic mass is 10.2. The van der Waals surface area contributed by atoms with Gasteiger partial charge in [-0.25, -0.2) is 4.98 Å². The van der Waals surface area contributed by atoms with Gasteiger partial charge >= 0.3 is 0 Å². The van der Waals surface area contributed by atoms with Crippen molar-refractivity contribution < 1.29 is 19.1 Å². The molecule has 152 valence electrons. The van der Waals surface area contributed by atoms with E-state index in [9.17, 15) is 9.59 Å². The lowest BCUT2D eigenvalue weighted by molar-refractivity contribution is -0.123. The number of hydrogen-bond donors (Lipinski definition) is 2. The molecule has 0 bridgehead atoms. The average molecular weight is 396 g/mol. The van der Waals surface area contributed by atoms with E-state index in [0.717, 1.165) is 23.4 Å². The topological polar surface area (TPSA) is 94.5 Å². The molecule has 3 aromatic rings. The maximum atomic E-state index is 12.3. The number of hydrogen-bond acceptors (Lipinski definition) is 5. The number of ether oxygens (including phenoxy) is 2. The number of rotatable bonds is 7. The Labute approximate surface area is 168 Å². The standard InChI is InChI=1S/C21H24N4O4/c1-4-25-14(3)22-16-12-15(10-11-17(16)25)21(27)24-23-20(26)13-29-19-9-7-6-8-18(19)28-5-2/h6-12H,4-5,13H2,1-3H3,(H,23,26)(H,24,27). The summed E-state index contributed by atoms with van der Waals surface area (Å²) in [7, 11) is 0. The van der Waals surface area contributed by atoms with Crippen molar-refractivity contribution in [2.24, 2.45) is 0 Å². The van der Waals surface area contributed by atoms with Crippen LogP contribution in [0.4, 0.5) is 0 Å². The molecule has 0 aliphatic rings. The van der Waals surface area contributed by atoms with Crippen molar-refractivity contribution >= 4 is 22.8 Å². The first-order chi connectivity index (χ1) is 14.0. The maximum absolute atomic E-state index is 12.3. The number of para-hydroxylation sites is 2. The van der Waals surface area contributed by atoms with Gasteiger partial charge in [-0.15, -0.1) is 0 Å². The molecule has 0 fully saturated rings. The number of aromatic nitrogens is 2.